The van der Waals surface area contributed by atoms with Crippen LogP contribution in [0.15, 0.2) is 24.3 Å². The van der Waals surface area contributed by atoms with E-state index in [9.17, 15) is 9.59 Å². The molecule has 6 nitrogen and oxygen atoms in total. The van der Waals surface area contributed by atoms with Crippen molar-refractivity contribution in [1.29, 1.82) is 0 Å². The number of ether oxygens (including phenoxy) is 2. The Morgan fingerprint density at radius 3 is 2.15 bits per heavy atom. The molecular formula is C21H28N2O4. The third-order valence-corrected chi connectivity index (χ3v) is 7.43. The third kappa shape index (κ3) is 2.31. The molecule has 1 aromatic rings. The van der Waals surface area contributed by atoms with Crippen molar-refractivity contribution in [1.82, 2.24) is 4.90 Å². The largest absolute Gasteiger partial charge is 0.497 e. The van der Waals surface area contributed by atoms with Crippen molar-refractivity contribution in [2.45, 2.75) is 39.2 Å². The highest BCUT2D eigenvalue weighted by Gasteiger charge is 2.76. The van der Waals surface area contributed by atoms with Crippen molar-refractivity contribution in [2.24, 2.45) is 10.8 Å². The summed E-state index contributed by atoms with van der Waals surface area (Å²) in [4.78, 5) is 30.0. The highest BCUT2D eigenvalue weighted by molar-refractivity contribution is 5.96. The fourth-order valence-corrected chi connectivity index (χ4v) is 4.94. The van der Waals surface area contributed by atoms with Gasteiger partial charge in [-0.1, -0.05) is 13.8 Å². The van der Waals surface area contributed by atoms with E-state index in [1.807, 2.05) is 49.9 Å². The Labute approximate surface area is 160 Å². The summed E-state index contributed by atoms with van der Waals surface area (Å²) < 4.78 is 11.0. The molecule has 2 atom stereocenters. The minimum atomic E-state index is -0.999. The van der Waals surface area contributed by atoms with Crippen LogP contribution >= 0.6 is 0 Å². The van der Waals surface area contributed by atoms with Gasteiger partial charge in [0.05, 0.1) is 12.5 Å². The number of methoxy groups -OCH3 is 1. The van der Waals surface area contributed by atoms with Crippen LogP contribution in [-0.2, 0) is 14.3 Å². The predicted octanol–water partition coefficient (Wildman–Crippen LogP) is 2.47. The minimum absolute atomic E-state index is 0.0172. The number of fused-ring (bicyclic) bond motifs is 2. The molecule has 1 aliphatic carbocycles. The van der Waals surface area contributed by atoms with E-state index < -0.39 is 16.4 Å². The van der Waals surface area contributed by atoms with Gasteiger partial charge in [-0.25, -0.2) is 0 Å². The van der Waals surface area contributed by atoms with Crippen molar-refractivity contribution in [3.05, 3.63) is 24.3 Å². The van der Waals surface area contributed by atoms with Crippen LogP contribution in [0.4, 0.5) is 5.69 Å². The second-order valence-electron chi connectivity index (χ2n) is 8.65. The number of piperazine rings is 1. The van der Waals surface area contributed by atoms with Gasteiger partial charge in [0.2, 0.25) is 0 Å². The van der Waals surface area contributed by atoms with Gasteiger partial charge in [0.1, 0.15) is 5.75 Å². The number of benzene rings is 1. The first kappa shape index (κ1) is 18.1. The second kappa shape index (κ2) is 5.88. The zero-order chi connectivity index (χ0) is 19.4. The molecule has 0 N–H and O–H groups in total. The Kier molecular flexibility index (Phi) is 3.95. The number of esters is 1. The Balaban J connectivity index is 1.47. The predicted molar refractivity (Wildman–Crippen MR) is 102 cm³/mol. The van der Waals surface area contributed by atoms with Crippen LogP contribution in [0.25, 0.3) is 0 Å². The van der Waals surface area contributed by atoms with E-state index >= 15 is 0 Å². The monoisotopic (exact) mass is 372 g/mol. The van der Waals surface area contributed by atoms with E-state index in [0.29, 0.717) is 19.5 Å². The number of carbonyl (C=O) groups is 2. The van der Waals surface area contributed by atoms with Crippen molar-refractivity contribution in [3.8, 4) is 5.75 Å². The molecule has 146 valence electrons. The number of nitrogens with zero attached hydrogens (tertiary/aromatic N) is 2. The molecule has 2 aliphatic heterocycles. The molecule has 3 aliphatic rings. The van der Waals surface area contributed by atoms with E-state index in [1.165, 1.54) is 0 Å². The fraction of sp³-hybridized carbons (Fsp3) is 0.619. The lowest BCUT2D eigenvalue weighted by molar-refractivity contribution is -0.174. The molecule has 0 spiro atoms. The SMILES string of the molecule is COc1ccc(N2CCN(C(=O)[C@@]34CC[C@@](C)(C(=O)O3)C4(C)C)CC2)cc1. The van der Waals surface area contributed by atoms with Crippen molar-refractivity contribution < 1.29 is 19.1 Å². The molecule has 3 fully saturated rings. The summed E-state index contributed by atoms with van der Waals surface area (Å²) in [7, 11) is 1.66. The van der Waals surface area contributed by atoms with E-state index in [2.05, 4.69) is 4.90 Å². The van der Waals surface area contributed by atoms with E-state index in [-0.39, 0.29) is 11.9 Å². The topological polar surface area (TPSA) is 59.1 Å². The van der Waals surface area contributed by atoms with Gasteiger partial charge in [0, 0.05) is 37.3 Å². The zero-order valence-electron chi connectivity index (χ0n) is 16.6. The van der Waals surface area contributed by atoms with Gasteiger partial charge in [-0.3, -0.25) is 9.59 Å². The first-order valence-corrected chi connectivity index (χ1v) is 9.67. The normalized spacial score (nSPS) is 31.8. The Morgan fingerprint density at radius 2 is 1.67 bits per heavy atom. The average molecular weight is 372 g/mol. The minimum Gasteiger partial charge on any atom is -0.497 e. The highest BCUT2D eigenvalue weighted by atomic mass is 16.6. The van der Waals surface area contributed by atoms with Gasteiger partial charge < -0.3 is 19.3 Å². The van der Waals surface area contributed by atoms with Gasteiger partial charge in [-0.2, -0.15) is 0 Å². The lowest BCUT2D eigenvalue weighted by atomic mass is 9.66. The van der Waals surface area contributed by atoms with Crippen LogP contribution in [0.3, 0.4) is 0 Å². The maximum Gasteiger partial charge on any atom is 0.313 e. The standard InChI is InChI=1S/C21H28N2O4/c1-19(2)20(3)9-10-21(19,27-18(20)25)17(24)23-13-11-22(12-14-23)15-5-7-16(26-4)8-6-15/h5-8H,9-14H2,1-4H3/t20-,21+/m0/s1. The molecule has 2 bridgehead atoms. The highest BCUT2D eigenvalue weighted by Crippen LogP contribution is 2.65. The maximum absolute atomic E-state index is 13.4. The smallest absolute Gasteiger partial charge is 0.313 e. The van der Waals surface area contributed by atoms with Crippen LogP contribution in [0, 0.1) is 10.8 Å². The summed E-state index contributed by atoms with van der Waals surface area (Å²) in [5.41, 5.74) is -0.919. The van der Waals surface area contributed by atoms with E-state index in [4.69, 9.17) is 9.47 Å². The second-order valence-corrected chi connectivity index (χ2v) is 8.65. The molecule has 4 rings (SSSR count). The van der Waals surface area contributed by atoms with Gasteiger partial charge in [-0.15, -0.1) is 0 Å². The maximum atomic E-state index is 13.4. The van der Waals surface area contributed by atoms with Crippen molar-refractivity contribution >= 4 is 17.6 Å². The van der Waals surface area contributed by atoms with Crippen LogP contribution in [0.5, 0.6) is 5.75 Å². The molecule has 6 heteroatoms. The molecule has 1 aromatic carbocycles. The summed E-state index contributed by atoms with van der Waals surface area (Å²) in [5.74, 6) is 0.599. The molecule has 2 heterocycles. The van der Waals surface area contributed by atoms with E-state index in [1.54, 1.807) is 7.11 Å². The number of carbonyl (C=O) groups excluding carboxylic acids is 2. The number of hydrogen-bond acceptors (Lipinski definition) is 5. The molecule has 27 heavy (non-hydrogen) atoms. The quantitative estimate of drug-likeness (QED) is 0.763. The zero-order valence-corrected chi connectivity index (χ0v) is 16.6. The Morgan fingerprint density at radius 1 is 1.04 bits per heavy atom. The molecule has 1 amide bonds. The van der Waals surface area contributed by atoms with Gasteiger partial charge in [-0.05, 0) is 44.0 Å². The summed E-state index contributed by atoms with van der Waals surface area (Å²) in [5, 5.41) is 0. The Bertz CT molecular complexity index is 767. The molecule has 0 aromatic heterocycles. The lowest BCUT2D eigenvalue weighted by Gasteiger charge is -2.42. The van der Waals surface area contributed by atoms with E-state index in [0.717, 1.165) is 30.9 Å². The van der Waals surface area contributed by atoms with Crippen LogP contribution in [-0.4, -0.2) is 55.7 Å². The lowest BCUT2D eigenvalue weighted by Crippen LogP contribution is -2.59. The fourth-order valence-electron chi connectivity index (χ4n) is 4.94. The molecule has 2 saturated heterocycles. The molecular weight excluding hydrogens is 344 g/mol. The number of hydrogen-bond donors (Lipinski definition) is 0. The van der Waals surface area contributed by atoms with Crippen LogP contribution < -0.4 is 9.64 Å². The summed E-state index contributed by atoms with van der Waals surface area (Å²) >= 11 is 0. The van der Waals surface area contributed by atoms with Crippen LogP contribution in [0.1, 0.15) is 33.6 Å². The summed E-state index contributed by atoms with van der Waals surface area (Å²) in [6.45, 7) is 8.76. The summed E-state index contributed by atoms with van der Waals surface area (Å²) in [6, 6.07) is 7.98. The number of rotatable bonds is 3. The van der Waals surface area contributed by atoms with Crippen LogP contribution in [0.2, 0.25) is 0 Å². The molecule has 1 saturated carbocycles. The Hall–Kier alpha value is -2.24. The number of amides is 1. The summed E-state index contributed by atoms with van der Waals surface area (Å²) in [6.07, 6.45) is 1.34. The number of anilines is 1. The average Bonchev–Trinajstić information content (AvgIpc) is 2.98. The molecule has 0 radical (unpaired) electrons. The van der Waals surface area contributed by atoms with Crippen molar-refractivity contribution in [2.75, 3.05) is 38.2 Å². The molecule has 0 unspecified atom stereocenters. The van der Waals surface area contributed by atoms with Crippen molar-refractivity contribution in [3.63, 3.8) is 0 Å². The first-order chi connectivity index (χ1) is 12.7. The third-order valence-electron chi connectivity index (χ3n) is 7.43. The first-order valence-electron chi connectivity index (χ1n) is 9.67. The van der Waals surface area contributed by atoms with Gasteiger partial charge in [0.25, 0.3) is 5.91 Å². The van der Waals surface area contributed by atoms with Gasteiger partial charge >= 0.3 is 5.97 Å². The van der Waals surface area contributed by atoms with Gasteiger partial charge in [0.15, 0.2) is 5.60 Å².